The van der Waals surface area contributed by atoms with Gasteiger partial charge in [-0.2, -0.15) is 0 Å². The summed E-state index contributed by atoms with van der Waals surface area (Å²) in [6.45, 7) is 3.61. The lowest BCUT2D eigenvalue weighted by atomic mass is 10.1. The summed E-state index contributed by atoms with van der Waals surface area (Å²) >= 11 is 0. The Balaban J connectivity index is 2.10. The number of nitrogens with zero attached hydrogens (tertiary/aromatic N) is 1. The Morgan fingerprint density at radius 1 is 1.12 bits per heavy atom. The molecule has 25 heavy (non-hydrogen) atoms. The maximum Gasteiger partial charge on any atom is 0.348 e. The van der Waals surface area contributed by atoms with Gasteiger partial charge in [-0.25, -0.2) is 13.2 Å². The molecule has 3 rings (SSSR count). The molecule has 0 saturated heterocycles. The van der Waals surface area contributed by atoms with Crippen LogP contribution in [0.5, 0.6) is 5.75 Å². The molecule has 0 saturated carbocycles. The van der Waals surface area contributed by atoms with Crippen LogP contribution in [-0.2, 0) is 19.6 Å². The highest BCUT2D eigenvalue weighted by atomic mass is 32.2. The van der Waals surface area contributed by atoms with Crippen LogP contribution in [0.3, 0.4) is 0 Å². The number of carbonyl (C=O) groups is 1. The van der Waals surface area contributed by atoms with Gasteiger partial charge in [0.25, 0.3) is 10.0 Å². The Morgan fingerprint density at radius 2 is 1.76 bits per heavy atom. The van der Waals surface area contributed by atoms with Crippen molar-refractivity contribution in [3.05, 3.63) is 53.6 Å². The second kappa shape index (κ2) is 6.40. The molecule has 6 nitrogen and oxygen atoms in total. The van der Waals surface area contributed by atoms with Crippen LogP contribution < -0.4 is 9.04 Å². The van der Waals surface area contributed by atoms with Gasteiger partial charge < -0.3 is 9.47 Å². The average molecular weight is 361 g/mol. The van der Waals surface area contributed by atoms with Crippen molar-refractivity contribution in [1.29, 1.82) is 0 Å². The van der Waals surface area contributed by atoms with Crippen LogP contribution in [0.15, 0.2) is 47.4 Å². The number of hydrogen-bond donors (Lipinski definition) is 0. The van der Waals surface area contributed by atoms with E-state index in [9.17, 15) is 13.2 Å². The van der Waals surface area contributed by atoms with Crippen LogP contribution in [-0.4, -0.2) is 34.1 Å². The van der Waals surface area contributed by atoms with Crippen molar-refractivity contribution in [3.63, 3.8) is 0 Å². The van der Waals surface area contributed by atoms with Crippen LogP contribution in [0.2, 0.25) is 0 Å². The van der Waals surface area contributed by atoms with Crippen LogP contribution in [0, 0.1) is 13.8 Å². The molecule has 2 aromatic carbocycles. The Bertz CT molecular complexity index is 906. The molecular weight excluding hydrogens is 342 g/mol. The van der Waals surface area contributed by atoms with E-state index >= 15 is 0 Å². The normalized spacial score (nSPS) is 16.8. The number of benzene rings is 2. The number of fused-ring (bicyclic) bond motifs is 1. The zero-order valence-electron chi connectivity index (χ0n) is 14.2. The van der Waals surface area contributed by atoms with Gasteiger partial charge in [0, 0.05) is 0 Å². The zero-order chi connectivity index (χ0) is 18.2. The highest BCUT2D eigenvalue weighted by molar-refractivity contribution is 7.92. The number of aryl methyl sites for hydroxylation is 2. The van der Waals surface area contributed by atoms with E-state index < -0.39 is 22.1 Å². The molecule has 1 aliphatic heterocycles. The molecule has 0 fully saturated rings. The fourth-order valence-electron chi connectivity index (χ4n) is 2.68. The lowest BCUT2D eigenvalue weighted by Crippen LogP contribution is -2.47. The van der Waals surface area contributed by atoms with Gasteiger partial charge in [0.1, 0.15) is 5.75 Å². The van der Waals surface area contributed by atoms with Crippen molar-refractivity contribution >= 4 is 21.7 Å². The molecule has 0 spiro atoms. The molecule has 1 aliphatic rings. The van der Waals surface area contributed by atoms with Gasteiger partial charge >= 0.3 is 5.97 Å². The van der Waals surface area contributed by atoms with Gasteiger partial charge in [-0.3, -0.25) is 4.31 Å². The van der Waals surface area contributed by atoms with E-state index in [4.69, 9.17) is 9.47 Å². The first kappa shape index (κ1) is 17.3. The first-order valence-electron chi connectivity index (χ1n) is 7.77. The van der Waals surface area contributed by atoms with Gasteiger partial charge in [0.2, 0.25) is 6.10 Å². The van der Waals surface area contributed by atoms with E-state index in [1.807, 2.05) is 13.8 Å². The fourth-order valence-corrected chi connectivity index (χ4v) is 4.16. The number of ether oxygens (including phenoxy) is 2. The third kappa shape index (κ3) is 3.19. The minimum absolute atomic E-state index is 0.140. The number of esters is 1. The van der Waals surface area contributed by atoms with Gasteiger partial charge in [0.15, 0.2) is 0 Å². The number of sulfonamides is 1. The van der Waals surface area contributed by atoms with Crippen LogP contribution >= 0.6 is 0 Å². The SMILES string of the molecule is COC(=O)C1CN(S(=O)(=O)c2ccc(C)cc2)c2ccc(C)cc2O1. The third-order valence-corrected chi connectivity index (χ3v) is 5.85. The molecule has 0 N–H and O–H groups in total. The second-order valence-electron chi connectivity index (χ2n) is 5.95. The van der Waals surface area contributed by atoms with Gasteiger partial charge in [-0.05, 0) is 43.7 Å². The summed E-state index contributed by atoms with van der Waals surface area (Å²) in [7, 11) is -2.59. The Kier molecular flexibility index (Phi) is 4.43. The van der Waals surface area contributed by atoms with E-state index in [0.717, 1.165) is 11.1 Å². The quantitative estimate of drug-likeness (QED) is 0.785. The van der Waals surface area contributed by atoms with Gasteiger partial charge in [-0.1, -0.05) is 23.8 Å². The monoisotopic (exact) mass is 361 g/mol. The van der Waals surface area contributed by atoms with E-state index in [2.05, 4.69) is 0 Å². The summed E-state index contributed by atoms with van der Waals surface area (Å²) in [4.78, 5) is 12.1. The molecule has 0 aliphatic carbocycles. The van der Waals surface area contributed by atoms with E-state index in [1.54, 1.807) is 42.5 Å². The molecule has 0 aromatic heterocycles. The van der Waals surface area contributed by atoms with Gasteiger partial charge in [-0.15, -0.1) is 0 Å². The van der Waals surface area contributed by atoms with Crippen molar-refractivity contribution in [2.24, 2.45) is 0 Å². The fraction of sp³-hybridized carbons (Fsp3) is 0.278. The van der Waals surface area contributed by atoms with Crippen LogP contribution in [0.25, 0.3) is 0 Å². The van der Waals surface area contributed by atoms with E-state index in [1.165, 1.54) is 11.4 Å². The van der Waals surface area contributed by atoms with Crippen molar-refractivity contribution in [3.8, 4) is 5.75 Å². The van der Waals surface area contributed by atoms with E-state index in [-0.39, 0.29) is 11.4 Å². The predicted octanol–water partition coefficient (Wildman–Crippen LogP) is 2.43. The largest absolute Gasteiger partial charge is 0.475 e. The summed E-state index contributed by atoms with van der Waals surface area (Å²) in [5, 5.41) is 0. The lowest BCUT2D eigenvalue weighted by Gasteiger charge is -2.34. The summed E-state index contributed by atoms with van der Waals surface area (Å²) in [5.74, 6) is -0.270. The summed E-state index contributed by atoms with van der Waals surface area (Å²) in [6, 6.07) is 11.8. The van der Waals surface area contributed by atoms with Crippen molar-refractivity contribution in [1.82, 2.24) is 0 Å². The van der Waals surface area contributed by atoms with Gasteiger partial charge in [0.05, 0.1) is 24.2 Å². The Morgan fingerprint density at radius 3 is 2.40 bits per heavy atom. The predicted molar refractivity (Wildman–Crippen MR) is 93.3 cm³/mol. The minimum atomic E-state index is -3.83. The van der Waals surface area contributed by atoms with Crippen LogP contribution in [0.4, 0.5) is 5.69 Å². The molecule has 0 bridgehead atoms. The number of anilines is 1. The first-order valence-corrected chi connectivity index (χ1v) is 9.21. The number of methoxy groups -OCH3 is 1. The molecule has 0 amide bonds. The maximum atomic E-state index is 13.1. The molecule has 1 atom stereocenters. The number of rotatable bonds is 3. The van der Waals surface area contributed by atoms with Crippen LogP contribution in [0.1, 0.15) is 11.1 Å². The highest BCUT2D eigenvalue weighted by Gasteiger charge is 2.38. The number of carbonyl (C=O) groups excluding carboxylic acids is 1. The first-order chi connectivity index (χ1) is 11.8. The molecular formula is C18H19NO5S. The molecule has 1 heterocycles. The molecule has 1 unspecified atom stereocenters. The van der Waals surface area contributed by atoms with Crippen molar-refractivity contribution in [2.75, 3.05) is 18.0 Å². The minimum Gasteiger partial charge on any atom is -0.475 e. The number of hydrogen-bond acceptors (Lipinski definition) is 5. The average Bonchev–Trinajstić information content (AvgIpc) is 2.60. The lowest BCUT2D eigenvalue weighted by molar-refractivity contribution is -0.148. The Labute approximate surface area is 147 Å². The second-order valence-corrected chi connectivity index (χ2v) is 7.81. The van der Waals surface area contributed by atoms with Crippen molar-refractivity contribution < 1.29 is 22.7 Å². The summed E-state index contributed by atoms with van der Waals surface area (Å²) in [5.41, 5.74) is 2.27. The third-order valence-electron chi connectivity index (χ3n) is 4.06. The standard InChI is InChI=1S/C18H19NO5S/c1-12-4-7-14(8-5-12)25(21,22)19-11-17(18(20)23-3)24-16-10-13(2)6-9-15(16)19/h4-10,17H,11H2,1-3H3. The molecule has 0 radical (unpaired) electrons. The summed E-state index contributed by atoms with van der Waals surface area (Å²) in [6.07, 6.45) is -1.01. The molecule has 132 valence electrons. The van der Waals surface area contributed by atoms with Crippen molar-refractivity contribution in [2.45, 2.75) is 24.8 Å². The molecule has 7 heteroatoms. The smallest absolute Gasteiger partial charge is 0.348 e. The molecule has 2 aromatic rings. The Hall–Kier alpha value is -2.54. The zero-order valence-corrected chi connectivity index (χ0v) is 15.0. The summed E-state index contributed by atoms with van der Waals surface area (Å²) < 4.78 is 37.8. The maximum absolute atomic E-state index is 13.1. The van der Waals surface area contributed by atoms with E-state index in [0.29, 0.717) is 11.4 Å². The topological polar surface area (TPSA) is 72.9 Å². The highest BCUT2D eigenvalue weighted by Crippen LogP contribution is 2.37.